The predicted molar refractivity (Wildman–Crippen MR) is 74.3 cm³/mol. The number of amides is 1. The molecule has 2 rings (SSSR count). The monoisotopic (exact) mass is 283 g/mol. The van der Waals surface area contributed by atoms with Gasteiger partial charge in [-0.3, -0.25) is 9.59 Å². The second-order valence-corrected chi connectivity index (χ2v) is 6.64. The molecule has 5 heteroatoms. The molecule has 20 heavy (non-hydrogen) atoms. The van der Waals surface area contributed by atoms with E-state index in [1.807, 2.05) is 13.8 Å². The van der Waals surface area contributed by atoms with E-state index in [0.29, 0.717) is 19.4 Å². The van der Waals surface area contributed by atoms with Gasteiger partial charge in [-0.15, -0.1) is 0 Å². The first-order valence-corrected chi connectivity index (χ1v) is 7.56. The van der Waals surface area contributed by atoms with Crippen LogP contribution >= 0.6 is 0 Å². The average Bonchev–Trinajstić information content (AvgIpc) is 2.37. The molecule has 1 saturated carbocycles. The van der Waals surface area contributed by atoms with Gasteiger partial charge < -0.3 is 15.2 Å². The van der Waals surface area contributed by atoms with Gasteiger partial charge in [0, 0.05) is 12.6 Å². The van der Waals surface area contributed by atoms with Crippen LogP contribution in [0.1, 0.15) is 52.4 Å². The third-order valence-corrected chi connectivity index (χ3v) is 4.46. The van der Waals surface area contributed by atoms with Crippen molar-refractivity contribution in [2.45, 2.75) is 64.0 Å². The van der Waals surface area contributed by atoms with E-state index < -0.39 is 11.9 Å². The maximum atomic E-state index is 12.4. The molecule has 1 heterocycles. The number of carbonyl (C=O) groups excluding carboxylic acids is 1. The first kappa shape index (κ1) is 15.3. The summed E-state index contributed by atoms with van der Waals surface area (Å²) in [5, 5.41) is 12.3. The van der Waals surface area contributed by atoms with Crippen LogP contribution < -0.4 is 5.32 Å². The fourth-order valence-electron chi connectivity index (χ4n) is 3.40. The minimum atomic E-state index is -0.836. The summed E-state index contributed by atoms with van der Waals surface area (Å²) >= 11 is 0. The summed E-state index contributed by atoms with van der Waals surface area (Å²) in [6, 6.07) is 0.0996. The van der Waals surface area contributed by atoms with Crippen molar-refractivity contribution in [3.63, 3.8) is 0 Å². The number of hydrogen-bond acceptors (Lipinski definition) is 3. The van der Waals surface area contributed by atoms with Gasteiger partial charge >= 0.3 is 5.97 Å². The zero-order valence-corrected chi connectivity index (χ0v) is 12.4. The summed E-state index contributed by atoms with van der Waals surface area (Å²) in [4.78, 5) is 23.6. The molecule has 1 amide bonds. The lowest BCUT2D eigenvalue weighted by atomic mass is 9.78. The van der Waals surface area contributed by atoms with E-state index in [2.05, 4.69) is 5.32 Å². The van der Waals surface area contributed by atoms with Crippen LogP contribution in [0.2, 0.25) is 0 Å². The summed E-state index contributed by atoms with van der Waals surface area (Å²) in [6.45, 7) is 4.68. The highest BCUT2D eigenvalue weighted by molar-refractivity contribution is 5.85. The van der Waals surface area contributed by atoms with E-state index in [1.54, 1.807) is 0 Å². The van der Waals surface area contributed by atoms with Crippen LogP contribution in [0.25, 0.3) is 0 Å². The molecule has 0 bridgehead atoms. The molecule has 2 N–H and O–H groups in total. The Bertz CT molecular complexity index is 380. The molecular weight excluding hydrogens is 258 g/mol. The predicted octanol–water partition coefficient (Wildman–Crippen LogP) is 1.95. The SMILES string of the molecule is CC1(C)CC(NC(=O)[C@@H]2CCCC[C@@H]2C(=O)O)CCO1. The van der Waals surface area contributed by atoms with Crippen LogP contribution in [0.3, 0.4) is 0 Å². The lowest BCUT2D eigenvalue weighted by Gasteiger charge is -2.37. The Morgan fingerprint density at radius 3 is 2.40 bits per heavy atom. The van der Waals surface area contributed by atoms with Crippen molar-refractivity contribution in [3.05, 3.63) is 0 Å². The van der Waals surface area contributed by atoms with E-state index in [9.17, 15) is 14.7 Å². The second-order valence-electron chi connectivity index (χ2n) is 6.64. The van der Waals surface area contributed by atoms with E-state index in [4.69, 9.17) is 4.74 Å². The van der Waals surface area contributed by atoms with Gasteiger partial charge in [0.2, 0.25) is 5.91 Å². The van der Waals surface area contributed by atoms with Crippen LogP contribution in [0, 0.1) is 11.8 Å². The topological polar surface area (TPSA) is 75.6 Å². The van der Waals surface area contributed by atoms with E-state index >= 15 is 0 Å². The molecule has 2 fully saturated rings. The molecule has 0 spiro atoms. The Labute approximate surface area is 120 Å². The van der Waals surface area contributed by atoms with Crippen molar-refractivity contribution in [1.82, 2.24) is 5.32 Å². The fraction of sp³-hybridized carbons (Fsp3) is 0.867. The average molecular weight is 283 g/mol. The number of carboxylic acids is 1. The molecule has 114 valence electrons. The lowest BCUT2D eigenvalue weighted by Crippen LogP contribution is -2.49. The molecule has 0 aromatic rings. The number of carboxylic acid groups (broad SMARTS) is 1. The molecule has 0 aromatic carbocycles. The molecule has 2 aliphatic rings. The fourth-order valence-corrected chi connectivity index (χ4v) is 3.40. The Hall–Kier alpha value is -1.10. The van der Waals surface area contributed by atoms with Crippen molar-refractivity contribution in [1.29, 1.82) is 0 Å². The molecule has 1 unspecified atom stereocenters. The number of nitrogens with one attached hydrogen (secondary N) is 1. The maximum absolute atomic E-state index is 12.4. The van der Waals surface area contributed by atoms with Crippen LogP contribution in [0.5, 0.6) is 0 Å². The van der Waals surface area contributed by atoms with Gasteiger partial charge in [0.1, 0.15) is 0 Å². The normalized spacial score (nSPS) is 33.4. The summed E-state index contributed by atoms with van der Waals surface area (Å²) in [5.41, 5.74) is -0.213. The van der Waals surface area contributed by atoms with Crippen LogP contribution in [0.15, 0.2) is 0 Å². The Morgan fingerprint density at radius 2 is 1.80 bits per heavy atom. The van der Waals surface area contributed by atoms with Gasteiger partial charge in [-0.1, -0.05) is 12.8 Å². The van der Waals surface area contributed by atoms with E-state index in [0.717, 1.165) is 25.7 Å². The quantitative estimate of drug-likeness (QED) is 0.830. The van der Waals surface area contributed by atoms with Gasteiger partial charge in [0.25, 0.3) is 0 Å². The first-order chi connectivity index (χ1) is 9.39. The van der Waals surface area contributed by atoms with Gasteiger partial charge in [0.05, 0.1) is 17.4 Å². The third kappa shape index (κ3) is 3.72. The molecule has 5 nitrogen and oxygen atoms in total. The molecule has 0 radical (unpaired) electrons. The Kier molecular flexibility index (Phi) is 4.68. The van der Waals surface area contributed by atoms with E-state index in [-0.39, 0.29) is 23.5 Å². The van der Waals surface area contributed by atoms with Crippen LogP contribution in [0.4, 0.5) is 0 Å². The van der Waals surface area contributed by atoms with Crippen LogP contribution in [-0.2, 0) is 14.3 Å². The van der Waals surface area contributed by atoms with Crippen molar-refractivity contribution < 1.29 is 19.4 Å². The maximum Gasteiger partial charge on any atom is 0.307 e. The van der Waals surface area contributed by atoms with Gasteiger partial charge in [0.15, 0.2) is 0 Å². The highest BCUT2D eigenvalue weighted by Gasteiger charge is 2.37. The number of aliphatic carboxylic acids is 1. The number of ether oxygens (including phenoxy) is 1. The zero-order valence-electron chi connectivity index (χ0n) is 12.4. The molecule has 1 aliphatic carbocycles. The lowest BCUT2D eigenvalue weighted by molar-refractivity contribution is -0.149. The number of rotatable bonds is 3. The number of carbonyl (C=O) groups is 2. The first-order valence-electron chi connectivity index (χ1n) is 7.56. The highest BCUT2D eigenvalue weighted by atomic mass is 16.5. The van der Waals surface area contributed by atoms with Gasteiger partial charge in [-0.05, 0) is 39.5 Å². The third-order valence-electron chi connectivity index (χ3n) is 4.46. The summed E-state index contributed by atoms with van der Waals surface area (Å²) in [6.07, 6.45) is 4.75. The number of hydrogen-bond donors (Lipinski definition) is 2. The summed E-state index contributed by atoms with van der Waals surface area (Å²) in [5.74, 6) is -1.80. The Balaban J connectivity index is 1.94. The molecular formula is C15H25NO4. The standard InChI is InChI=1S/C15H25NO4/c1-15(2)9-10(7-8-20-15)16-13(17)11-5-3-4-6-12(11)14(18)19/h10-12H,3-9H2,1-2H3,(H,16,17)(H,18,19)/t10?,11-,12+/m1/s1. The smallest absolute Gasteiger partial charge is 0.307 e. The van der Waals surface area contributed by atoms with Gasteiger partial charge in [-0.2, -0.15) is 0 Å². The minimum Gasteiger partial charge on any atom is -0.481 e. The summed E-state index contributed by atoms with van der Waals surface area (Å²) in [7, 11) is 0. The van der Waals surface area contributed by atoms with Crippen molar-refractivity contribution in [2.24, 2.45) is 11.8 Å². The van der Waals surface area contributed by atoms with Crippen molar-refractivity contribution in [3.8, 4) is 0 Å². The molecule has 1 aliphatic heterocycles. The molecule has 0 aromatic heterocycles. The second kappa shape index (κ2) is 6.12. The van der Waals surface area contributed by atoms with Crippen LogP contribution in [-0.4, -0.2) is 35.2 Å². The zero-order chi connectivity index (χ0) is 14.8. The Morgan fingerprint density at radius 1 is 1.15 bits per heavy atom. The van der Waals surface area contributed by atoms with E-state index in [1.165, 1.54) is 0 Å². The largest absolute Gasteiger partial charge is 0.481 e. The van der Waals surface area contributed by atoms with Gasteiger partial charge in [-0.25, -0.2) is 0 Å². The summed E-state index contributed by atoms with van der Waals surface area (Å²) < 4.78 is 5.64. The van der Waals surface area contributed by atoms with Crippen molar-refractivity contribution in [2.75, 3.05) is 6.61 Å². The van der Waals surface area contributed by atoms with Crippen molar-refractivity contribution >= 4 is 11.9 Å². The highest BCUT2D eigenvalue weighted by Crippen LogP contribution is 2.31. The molecule has 1 saturated heterocycles. The minimum absolute atomic E-state index is 0.0835. The molecule has 3 atom stereocenters.